The van der Waals surface area contributed by atoms with Crippen molar-refractivity contribution in [2.75, 3.05) is 7.11 Å². The van der Waals surface area contributed by atoms with E-state index in [1.165, 1.54) is 11.1 Å². The zero-order chi connectivity index (χ0) is 11.9. The minimum absolute atomic E-state index is 0. The van der Waals surface area contributed by atoms with Crippen molar-refractivity contribution in [3.8, 4) is 5.75 Å². The van der Waals surface area contributed by atoms with Gasteiger partial charge in [0.05, 0.1) is 7.11 Å². The molecule has 0 aliphatic carbocycles. The second-order valence-corrected chi connectivity index (χ2v) is 3.94. The molecule has 0 spiro atoms. The van der Waals surface area contributed by atoms with E-state index in [0.717, 1.165) is 18.8 Å². The number of hydrogen-bond acceptors (Lipinski definition) is 2. The molecule has 96 valence electrons. The highest BCUT2D eigenvalue weighted by Gasteiger charge is 1.96. The quantitative estimate of drug-likeness (QED) is 0.893. The van der Waals surface area contributed by atoms with Gasteiger partial charge in [-0.15, -0.1) is 12.4 Å². The van der Waals surface area contributed by atoms with Crippen LogP contribution in [-0.4, -0.2) is 7.11 Å². The first kappa shape index (κ1) is 14.6. The molecule has 0 aromatic heterocycles. The molecule has 0 heterocycles. The molecule has 0 amide bonds. The summed E-state index contributed by atoms with van der Waals surface area (Å²) in [6, 6.07) is 18.5. The third kappa shape index (κ3) is 4.40. The van der Waals surface area contributed by atoms with E-state index in [1.807, 2.05) is 18.2 Å². The Bertz CT molecular complexity index is 459. The van der Waals surface area contributed by atoms with Gasteiger partial charge in [0.2, 0.25) is 0 Å². The standard InChI is InChI=1S/C15H17NO.ClH/c1-17-15-9-5-8-14(10-15)12-16-11-13-6-3-2-4-7-13;/h2-10,16H,11-12H2,1H3;1H. The molecule has 2 nitrogen and oxygen atoms in total. The van der Waals surface area contributed by atoms with Gasteiger partial charge in [-0.3, -0.25) is 0 Å². The van der Waals surface area contributed by atoms with Gasteiger partial charge in [0.15, 0.2) is 0 Å². The topological polar surface area (TPSA) is 21.3 Å². The molecule has 0 atom stereocenters. The Labute approximate surface area is 114 Å². The van der Waals surface area contributed by atoms with Crippen LogP contribution in [0.2, 0.25) is 0 Å². The molecule has 2 aromatic rings. The molecule has 0 unspecified atom stereocenters. The van der Waals surface area contributed by atoms with Crippen LogP contribution in [0, 0.1) is 0 Å². The van der Waals surface area contributed by atoms with Crippen LogP contribution >= 0.6 is 12.4 Å². The fourth-order valence-corrected chi connectivity index (χ4v) is 1.73. The van der Waals surface area contributed by atoms with E-state index in [0.29, 0.717) is 0 Å². The Hall–Kier alpha value is -1.51. The van der Waals surface area contributed by atoms with Crippen molar-refractivity contribution in [1.29, 1.82) is 0 Å². The van der Waals surface area contributed by atoms with E-state index in [-0.39, 0.29) is 12.4 Å². The summed E-state index contributed by atoms with van der Waals surface area (Å²) in [6.07, 6.45) is 0. The SMILES string of the molecule is COc1cccc(CNCc2ccccc2)c1.Cl. The predicted octanol–water partition coefficient (Wildman–Crippen LogP) is 3.41. The van der Waals surface area contributed by atoms with Crippen LogP contribution in [0.1, 0.15) is 11.1 Å². The maximum atomic E-state index is 5.19. The van der Waals surface area contributed by atoms with Crippen molar-refractivity contribution in [2.45, 2.75) is 13.1 Å². The molecule has 0 bridgehead atoms. The van der Waals surface area contributed by atoms with E-state index in [9.17, 15) is 0 Å². The van der Waals surface area contributed by atoms with Crippen LogP contribution in [-0.2, 0) is 13.1 Å². The minimum Gasteiger partial charge on any atom is -0.497 e. The Kier molecular flexibility index (Phi) is 6.26. The Morgan fingerprint density at radius 1 is 0.889 bits per heavy atom. The maximum absolute atomic E-state index is 5.19. The molecule has 0 saturated carbocycles. The molecule has 0 radical (unpaired) electrons. The first-order chi connectivity index (χ1) is 8.38. The van der Waals surface area contributed by atoms with Crippen LogP contribution in [0.15, 0.2) is 54.6 Å². The molecule has 0 saturated heterocycles. The number of nitrogens with one attached hydrogen (secondary N) is 1. The van der Waals surface area contributed by atoms with E-state index >= 15 is 0 Å². The molecule has 0 aliphatic rings. The fourth-order valence-electron chi connectivity index (χ4n) is 1.73. The molecule has 0 fully saturated rings. The maximum Gasteiger partial charge on any atom is 0.119 e. The lowest BCUT2D eigenvalue weighted by atomic mass is 10.2. The lowest BCUT2D eigenvalue weighted by Crippen LogP contribution is -2.12. The fraction of sp³-hybridized carbons (Fsp3) is 0.200. The normalized spacial score (nSPS) is 9.61. The molecule has 1 N–H and O–H groups in total. The third-order valence-corrected chi connectivity index (χ3v) is 2.64. The van der Waals surface area contributed by atoms with E-state index in [4.69, 9.17) is 4.74 Å². The van der Waals surface area contributed by atoms with Gasteiger partial charge in [0.1, 0.15) is 5.75 Å². The Morgan fingerprint density at radius 3 is 2.28 bits per heavy atom. The van der Waals surface area contributed by atoms with Crippen molar-refractivity contribution in [3.05, 3.63) is 65.7 Å². The van der Waals surface area contributed by atoms with Crippen LogP contribution in [0.3, 0.4) is 0 Å². The first-order valence-corrected chi connectivity index (χ1v) is 5.76. The van der Waals surface area contributed by atoms with E-state index in [1.54, 1.807) is 7.11 Å². The number of hydrogen-bond donors (Lipinski definition) is 1. The summed E-state index contributed by atoms with van der Waals surface area (Å²) in [7, 11) is 1.69. The third-order valence-electron chi connectivity index (χ3n) is 2.64. The van der Waals surface area contributed by atoms with Crippen LogP contribution in [0.4, 0.5) is 0 Å². The second-order valence-electron chi connectivity index (χ2n) is 3.94. The van der Waals surface area contributed by atoms with Crippen molar-refractivity contribution >= 4 is 12.4 Å². The van der Waals surface area contributed by atoms with Gasteiger partial charge in [-0.2, -0.15) is 0 Å². The van der Waals surface area contributed by atoms with Gasteiger partial charge in [-0.05, 0) is 23.3 Å². The zero-order valence-corrected chi connectivity index (χ0v) is 11.2. The summed E-state index contributed by atoms with van der Waals surface area (Å²) in [5.41, 5.74) is 2.54. The predicted molar refractivity (Wildman–Crippen MR) is 77.2 cm³/mol. The number of benzene rings is 2. The van der Waals surface area contributed by atoms with Crippen molar-refractivity contribution in [2.24, 2.45) is 0 Å². The van der Waals surface area contributed by atoms with Gasteiger partial charge in [-0.1, -0.05) is 42.5 Å². The molecular weight excluding hydrogens is 246 g/mol. The largest absolute Gasteiger partial charge is 0.497 e. The summed E-state index contributed by atoms with van der Waals surface area (Å²) in [5.74, 6) is 0.906. The van der Waals surface area contributed by atoms with Gasteiger partial charge in [0, 0.05) is 13.1 Å². The second kappa shape index (κ2) is 7.75. The molecule has 2 rings (SSSR count). The van der Waals surface area contributed by atoms with Gasteiger partial charge in [0.25, 0.3) is 0 Å². The van der Waals surface area contributed by atoms with Crippen molar-refractivity contribution in [3.63, 3.8) is 0 Å². The summed E-state index contributed by atoms with van der Waals surface area (Å²) in [4.78, 5) is 0. The van der Waals surface area contributed by atoms with Crippen LogP contribution < -0.4 is 10.1 Å². The van der Waals surface area contributed by atoms with E-state index < -0.39 is 0 Å². The zero-order valence-electron chi connectivity index (χ0n) is 10.4. The summed E-state index contributed by atoms with van der Waals surface area (Å²) in [6.45, 7) is 1.74. The highest BCUT2D eigenvalue weighted by atomic mass is 35.5. The number of ether oxygens (including phenoxy) is 1. The lowest BCUT2D eigenvalue weighted by molar-refractivity contribution is 0.414. The highest BCUT2D eigenvalue weighted by molar-refractivity contribution is 5.85. The van der Waals surface area contributed by atoms with Crippen LogP contribution in [0.25, 0.3) is 0 Å². The number of rotatable bonds is 5. The van der Waals surface area contributed by atoms with Gasteiger partial charge in [-0.25, -0.2) is 0 Å². The monoisotopic (exact) mass is 263 g/mol. The van der Waals surface area contributed by atoms with Crippen molar-refractivity contribution < 1.29 is 4.74 Å². The Balaban J connectivity index is 0.00000162. The molecule has 2 aromatic carbocycles. The van der Waals surface area contributed by atoms with Gasteiger partial charge < -0.3 is 10.1 Å². The van der Waals surface area contributed by atoms with Crippen molar-refractivity contribution in [1.82, 2.24) is 5.32 Å². The number of halogens is 1. The molecular formula is C15H18ClNO. The molecule has 3 heteroatoms. The minimum atomic E-state index is 0. The van der Waals surface area contributed by atoms with Crippen LogP contribution in [0.5, 0.6) is 5.75 Å². The molecule has 0 aliphatic heterocycles. The lowest BCUT2D eigenvalue weighted by Gasteiger charge is -2.06. The average molecular weight is 264 g/mol. The summed E-state index contributed by atoms with van der Waals surface area (Å²) >= 11 is 0. The summed E-state index contributed by atoms with van der Waals surface area (Å²) in [5, 5.41) is 3.41. The van der Waals surface area contributed by atoms with E-state index in [2.05, 4.69) is 41.7 Å². The molecule has 18 heavy (non-hydrogen) atoms. The number of methoxy groups -OCH3 is 1. The highest BCUT2D eigenvalue weighted by Crippen LogP contribution is 2.12. The van der Waals surface area contributed by atoms with Gasteiger partial charge >= 0.3 is 0 Å². The average Bonchev–Trinajstić information content (AvgIpc) is 2.40. The smallest absolute Gasteiger partial charge is 0.119 e. The summed E-state index contributed by atoms with van der Waals surface area (Å²) < 4.78 is 5.19. The first-order valence-electron chi connectivity index (χ1n) is 5.76. The Morgan fingerprint density at radius 2 is 1.56 bits per heavy atom.